The number of carbonyl (C=O) groups excluding carboxylic acids is 2. The van der Waals surface area contributed by atoms with Crippen LogP contribution in [0.4, 0.5) is 13.2 Å². The van der Waals surface area contributed by atoms with Crippen LogP contribution in [0, 0.1) is 6.92 Å². The van der Waals surface area contributed by atoms with Gasteiger partial charge in [-0.15, -0.1) is 11.8 Å². The summed E-state index contributed by atoms with van der Waals surface area (Å²) in [7, 11) is 0. The fourth-order valence-electron chi connectivity index (χ4n) is 2.11. The first-order valence-corrected chi connectivity index (χ1v) is 9.30. The summed E-state index contributed by atoms with van der Waals surface area (Å²) in [4.78, 5) is 29.3. The highest BCUT2D eigenvalue weighted by Crippen LogP contribution is 2.29. The van der Waals surface area contributed by atoms with Crippen molar-refractivity contribution in [2.75, 3.05) is 18.9 Å². The predicted molar refractivity (Wildman–Crippen MR) is 99.8 cm³/mol. The van der Waals surface area contributed by atoms with Crippen LogP contribution in [-0.2, 0) is 15.8 Å². The van der Waals surface area contributed by atoms with Crippen LogP contribution in [0.5, 0.6) is 0 Å². The monoisotopic (exact) mass is 412 g/mol. The summed E-state index contributed by atoms with van der Waals surface area (Å²) in [5.41, 5.74) is 1.97. The molecule has 2 aromatic carbocycles. The van der Waals surface area contributed by atoms with Crippen LogP contribution in [0.25, 0.3) is 0 Å². The van der Waals surface area contributed by atoms with Gasteiger partial charge in [0, 0.05) is 22.8 Å². The molecule has 0 unspecified atom stereocenters. The van der Waals surface area contributed by atoms with E-state index in [-0.39, 0.29) is 5.56 Å². The number of thioether (sulfide) groups is 1. The number of hydrogen-bond acceptors (Lipinski definition) is 4. The van der Waals surface area contributed by atoms with Gasteiger partial charge in [-0.25, -0.2) is 5.48 Å². The summed E-state index contributed by atoms with van der Waals surface area (Å²) in [5.74, 6) is -0.659. The zero-order chi connectivity index (χ0) is 20.6. The average Bonchev–Trinajstić information content (AvgIpc) is 2.66. The standard InChI is InChI=1S/C19H19F3N2O3S/c1-13-5-7-16(8-6-13)28-10-9-23-17(25)12-27-24-18(26)14-3-2-4-15(11-14)19(20,21)22/h2-8,11H,9-10,12H2,1H3,(H,23,25)(H,24,26). The van der Waals surface area contributed by atoms with Crippen molar-refractivity contribution in [3.63, 3.8) is 0 Å². The summed E-state index contributed by atoms with van der Waals surface area (Å²) in [6.45, 7) is 1.96. The Balaban J connectivity index is 1.66. The molecule has 0 spiro atoms. The van der Waals surface area contributed by atoms with Gasteiger partial charge in [0.25, 0.3) is 5.91 Å². The van der Waals surface area contributed by atoms with Gasteiger partial charge in [-0.2, -0.15) is 13.2 Å². The van der Waals surface area contributed by atoms with Crippen molar-refractivity contribution in [2.45, 2.75) is 18.0 Å². The van der Waals surface area contributed by atoms with Crippen LogP contribution in [0.1, 0.15) is 21.5 Å². The maximum atomic E-state index is 12.6. The lowest BCUT2D eigenvalue weighted by Crippen LogP contribution is -2.34. The first kappa shape index (κ1) is 21.8. The van der Waals surface area contributed by atoms with E-state index in [9.17, 15) is 22.8 Å². The Morgan fingerprint density at radius 1 is 1.11 bits per heavy atom. The van der Waals surface area contributed by atoms with Crippen LogP contribution in [-0.4, -0.2) is 30.7 Å². The molecule has 0 aliphatic carbocycles. The minimum Gasteiger partial charge on any atom is -0.353 e. The number of aryl methyl sites for hydroxylation is 1. The van der Waals surface area contributed by atoms with Crippen LogP contribution >= 0.6 is 11.8 Å². The number of hydrogen-bond donors (Lipinski definition) is 2. The highest BCUT2D eigenvalue weighted by molar-refractivity contribution is 7.99. The van der Waals surface area contributed by atoms with E-state index >= 15 is 0 Å². The first-order chi connectivity index (χ1) is 13.3. The van der Waals surface area contributed by atoms with E-state index < -0.39 is 30.2 Å². The number of hydroxylamine groups is 1. The fraction of sp³-hybridized carbons (Fsp3) is 0.263. The zero-order valence-electron chi connectivity index (χ0n) is 15.0. The molecule has 0 radical (unpaired) electrons. The van der Waals surface area contributed by atoms with Gasteiger partial charge in [0.05, 0.1) is 5.56 Å². The van der Waals surface area contributed by atoms with Crippen molar-refractivity contribution in [3.8, 4) is 0 Å². The summed E-state index contributed by atoms with van der Waals surface area (Å²) in [6.07, 6.45) is -4.55. The summed E-state index contributed by atoms with van der Waals surface area (Å²) >= 11 is 1.58. The van der Waals surface area contributed by atoms with Gasteiger partial charge in [-0.3, -0.25) is 14.4 Å². The maximum absolute atomic E-state index is 12.6. The third kappa shape index (κ3) is 7.24. The number of amides is 2. The number of carbonyl (C=O) groups is 2. The molecule has 0 heterocycles. The van der Waals surface area contributed by atoms with Gasteiger partial charge in [-0.1, -0.05) is 23.8 Å². The molecule has 2 amide bonds. The minimum atomic E-state index is -4.55. The molecule has 0 saturated carbocycles. The van der Waals surface area contributed by atoms with Gasteiger partial charge >= 0.3 is 6.18 Å². The van der Waals surface area contributed by atoms with Crippen LogP contribution in [0.15, 0.2) is 53.4 Å². The second-order valence-corrected chi connectivity index (χ2v) is 6.98. The SMILES string of the molecule is Cc1ccc(SCCNC(=O)CONC(=O)c2cccc(C(F)(F)F)c2)cc1. The molecule has 2 N–H and O–H groups in total. The Morgan fingerprint density at radius 2 is 1.82 bits per heavy atom. The van der Waals surface area contributed by atoms with Crippen LogP contribution < -0.4 is 10.8 Å². The van der Waals surface area contributed by atoms with E-state index in [1.807, 2.05) is 36.7 Å². The molecule has 0 fully saturated rings. The Labute approximate surface area is 164 Å². The molecule has 0 saturated heterocycles. The molecule has 2 rings (SSSR count). The Bertz CT molecular complexity index is 811. The summed E-state index contributed by atoms with van der Waals surface area (Å²) < 4.78 is 37.9. The lowest BCUT2D eigenvalue weighted by molar-refractivity contribution is -0.137. The second kappa shape index (κ2) is 10.1. The molecule has 9 heteroatoms. The van der Waals surface area contributed by atoms with Gasteiger partial charge < -0.3 is 5.32 Å². The zero-order valence-corrected chi connectivity index (χ0v) is 15.8. The molecular formula is C19H19F3N2O3S. The van der Waals surface area contributed by atoms with Crippen molar-refractivity contribution in [2.24, 2.45) is 0 Å². The predicted octanol–water partition coefficient (Wildman–Crippen LogP) is 3.58. The van der Waals surface area contributed by atoms with Gasteiger partial charge in [-0.05, 0) is 37.3 Å². The van der Waals surface area contributed by atoms with Crippen molar-refractivity contribution in [1.82, 2.24) is 10.8 Å². The largest absolute Gasteiger partial charge is 0.416 e. The normalized spacial score (nSPS) is 11.1. The van der Waals surface area contributed by atoms with Crippen molar-refractivity contribution < 1.29 is 27.6 Å². The Hall–Kier alpha value is -2.52. The van der Waals surface area contributed by atoms with E-state index in [2.05, 4.69) is 5.32 Å². The summed E-state index contributed by atoms with van der Waals surface area (Å²) in [5, 5.41) is 2.62. The molecule has 0 aliphatic rings. The fourth-order valence-corrected chi connectivity index (χ4v) is 2.88. The van der Waals surface area contributed by atoms with Crippen LogP contribution in [0.3, 0.4) is 0 Å². The molecular weight excluding hydrogens is 393 g/mol. The molecule has 0 aromatic heterocycles. The molecule has 2 aromatic rings. The molecule has 28 heavy (non-hydrogen) atoms. The lowest BCUT2D eigenvalue weighted by atomic mass is 10.1. The van der Waals surface area contributed by atoms with Crippen molar-refractivity contribution in [3.05, 3.63) is 65.2 Å². The number of benzene rings is 2. The van der Waals surface area contributed by atoms with Gasteiger partial charge in [0.2, 0.25) is 5.91 Å². The molecule has 0 aliphatic heterocycles. The second-order valence-electron chi connectivity index (χ2n) is 5.81. The van der Waals surface area contributed by atoms with E-state index in [0.29, 0.717) is 18.4 Å². The molecule has 5 nitrogen and oxygen atoms in total. The van der Waals surface area contributed by atoms with Crippen molar-refractivity contribution >= 4 is 23.6 Å². The molecule has 150 valence electrons. The molecule has 0 bridgehead atoms. The number of nitrogens with one attached hydrogen (secondary N) is 2. The van der Waals surface area contributed by atoms with E-state index in [0.717, 1.165) is 17.0 Å². The van der Waals surface area contributed by atoms with E-state index in [1.54, 1.807) is 11.8 Å². The Kier molecular flexibility index (Phi) is 7.89. The lowest BCUT2D eigenvalue weighted by Gasteiger charge is -2.09. The van der Waals surface area contributed by atoms with Crippen LogP contribution in [0.2, 0.25) is 0 Å². The highest BCUT2D eigenvalue weighted by atomic mass is 32.2. The van der Waals surface area contributed by atoms with Gasteiger partial charge in [0.15, 0.2) is 6.61 Å². The third-order valence-electron chi connectivity index (χ3n) is 3.53. The van der Waals surface area contributed by atoms with E-state index in [1.165, 1.54) is 11.6 Å². The van der Waals surface area contributed by atoms with E-state index in [4.69, 9.17) is 4.84 Å². The minimum absolute atomic E-state index is 0.218. The smallest absolute Gasteiger partial charge is 0.353 e. The quantitative estimate of drug-likeness (QED) is 0.395. The first-order valence-electron chi connectivity index (χ1n) is 8.31. The number of alkyl halides is 3. The highest BCUT2D eigenvalue weighted by Gasteiger charge is 2.30. The number of halogens is 3. The number of rotatable bonds is 8. The third-order valence-corrected chi connectivity index (χ3v) is 4.55. The van der Waals surface area contributed by atoms with Crippen molar-refractivity contribution in [1.29, 1.82) is 0 Å². The maximum Gasteiger partial charge on any atom is 0.416 e. The van der Waals surface area contributed by atoms with Gasteiger partial charge in [0.1, 0.15) is 0 Å². The Morgan fingerprint density at radius 3 is 2.50 bits per heavy atom. The summed E-state index contributed by atoms with van der Waals surface area (Å²) in [6, 6.07) is 11.9. The topological polar surface area (TPSA) is 67.4 Å². The molecule has 0 atom stereocenters. The average molecular weight is 412 g/mol.